The van der Waals surface area contributed by atoms with E-state index in [1.807, 2.05) is 0 Å². The van der Waals surface area contributed by atoms with E-state index < -0.39 is 23.8 Å². The fraction of sp³-hybridized carbons (Fsp3) is 0.812. The van der Waals surface area contributed by atoms with Gasteiger partial charge in [-0.05, 0) is 40.5 Å². The Labute approximate surface area is 142 Å². The summed E-state index contributed by atoms with van der Waals surface area (Å²) in [5.41, 5.74) is -0.626. The van der Waals surface area contributed by atoms with Crippen LogP contribution in [0.3, 0.4) is 0 Å². The molecule has 2 rings (SSSR count). The Bertz CT molecular complexity index is 501. The number of hydrogen-bond donors (Lipinski definition) is 0. The minimum Gasteiger partial charge on any atom is -0.463 e. The maximum absolute atomic E-state index is 12.9. The van der Waals surface area contributed by atoms with Crippen LogP contribution < -0.4 is 0 Å². The van der Waals surface area contributed by atoms with Crippen LogP contribution in [0.5, 0.6) is 0 Å². The summed E-state index contributed by atoms with van der Waals surface area (Å²) in [6.45, 7) is 7.98. The molecule has 0 saturated carbocycles. The van der Waals surface area contributed by atoms with Crippen LogP contribution in [0.4, 0.5) is 4.79 Å². The first-order chi connectivity index (χ1) is 11.2. The molecule has 0 radical (unpaired) electrons. The maximum atomic E-state index is 12.9. The molecule has 2 heterocycles. The summed E-state index contributed by atoms with van der Waals surface area (Å²) in [6.07, 6.45) is 0.859. The summed E-state index contributed by atoms with van der Waals surface area (Å²) >= 11 is 0. The molecule has 0 aromatic rings. The van der Waals surface area contributed by atoms with E-state index in [0.717, 1.165) is 6.42 Å². The minimum atomic E-state index is -0.637. The van der Waals surface area contributed by atoms with E-state index >= 15 is 0 Å². The molecule has 8 heteroatoms. The smallest absolute Gasteiger partial charge is 0.410 e. The minimum absolute atomic E-state index is 0.102. The normalized spacial score (nSPS) is 24.0. The van der Waals surface area contributed by atoms with Gasteiger partial charge in [-0.2, -0.15) is 0 Å². The molecule has 2 saturated heterocycles. The number of hydroxylamine groups is 2. The zero-order chi connectivity index (χ0) is 17.9. The van der Waals surface area contributed by atoms with Gasteiger partial charge >= 0.3 is 12.1 Å². The lowest BCUT2D eigenvalue weighted by atomic mass is 10.1. The second-order valence-corrected chi connectivity index (χ2v) is 6.95. The number of carbonyl (C=O) groups is 3. The van der Waals surface area contributed by atoms with Crippen LogP contribution in [0.25, 0.3) is 0 Å². The lowest BCUT2D eigenvalue weighted by Crippen LogP contribution is -2.52. The monoisotopic (exact) mass is 342 g/mol. The van der Waals surface area contributed by atoms with Gasteiger partial charge in [-0.1, -0.05) is 0 Å². The fourth-order valence-corrected chi connectivity index (χ4v) is 2.85. The fourth-order valence-electron chi connectivity index (χ4n) is 2.85. The van der Waals surface area contributed by atoms with Crippen molar-refractivity contribution in [1.29, 1.82) is 0 Å². The molecule has 0 bridgehead atoms. The number of ether oxygens (including phenoxy) is 2. The van der Waals surface area contributed by atoms with Crippen LogP contribution >= 0.6 is 0 Å². The van der Waals surface area contributed by atoms with Crippen LogP contribution in [0.15, 0.2) is 0 Å². The summed E-state index contributed by atoms with van der Waals surface area (Å²) in [7, 11) is 0. The van der Waals surface area contributed by atoms with Crippen molar-refractivity contribution < 1.29 is 28.7 Å². The third-order valence-corrected chi connectivity index (χ3v) is 3.82. The molecule has 2 aliphatic heterocycles. The molecule has 0 N–H and O–H groups in total. The van der Waals surface area contributed by atoms with Gasteiger partial charge in [0.25, 0.3) is 5.91 Å². The zero-order valence-electron chi connectivity index (χ0n) is 14.7. The van der Waals surface area contributed by atoms with Gasteiger partial charge < -0.3 is 9.47 Å². The highest BCUT2D eigenvalue weighted by Gasteiger charge is 2.42. The average Bonchev–Trinajstić information content (AvgIpc) is 3.11. The second-order valence-electron chi connectivity index (χ2n) is 6.95. The summed E-state index contributed by atoms with van der Waals surface area (Å²) in [6, 6.07) is -1.09. The van der Waals surface area contributed by atoms with Crippen molar-refractivity contribution in [2.45, 2.75) is 64.6 Å². The molecule has 0 spiro atoms. The largest absolute Gasteiger partial charge is 0.463 e. The van der Waals surface area contributed by atoms with E-state index in [4.69, 9.17) is 14.3 Å². The first kappa shape index (κ1) is 18.5. The number of nitrogens with zero attached hydrogens (tertiary/aromatic N) is 2. The quantitative estimate of drug-likeness (QED) is 0.568. The van der Waals surface area contributed by atoms with E-state index in [1.165, 1.54) is 9.96 Å². The van der Waals surface area contributed by atoms with E-state index in [1.54, 1.807) is 27.7 Å². The maximum Gasteiger partial charge on any atom is 0.410 e. The zero-order valence-corrected chi connectivity index (χ0v) is 14.7. The SMILES string of the molecule is CCON(C(=O)C1CCCN1C(=O)OC(C)(C)C)[C@@H]1COC(=O)C1. The van der Waals surface area contributed by atoms with Crippen molar-refractivity contribution in [3.63, 3.8) is 0 Å². The standard InChI is InChI=1S/C16H26N2O6/c1-5-23-18(11-9-13(19)22-10-11)14(20)12-7-6-8-17(12)15(21)24-16(2,3)4/h11-12H,5-10H2,1-4H3/t11-,12?/m0/s1. The highest BCUT2D eigenvalue weighted by molar-refractivity contribution is 5.86. The third-order valence-electron chi connectivity index (χ3n) is 3.82. The summed E-state index contributed by atoms with van der Waals surface area (Å²) in [4.78, 5) is 43.5. The Hall–Kier alpha value is -1.83. The molecule has 2 fully saturated rings. The van der Waals surface area contributed by atoms with E-state index in [-0.39, 0.29) is 31.5 Å². The Morgan fingerprint density at radius 3 is 2.62 bits per heavy atom. The number of amides is 2. The average molecular weight is 342 g/mol. The van der Waals surface area contributed by atoms with Crippen LogP contribution in [0.2, 0.25) is 0 Å². The van der Waals surface area contributed by atoms with Crippen molar-refractivity contribution in [2.24, 2.45) is 0 Å². The van der Waals surface area contributed by atoms with Gasteiger partial charge in [-0.3, -0.25) is 19.3 Å². The van der Waals surface area contributed by atoms with Crippen LogP contribution in [0, 0.1) is 0 Å². The van der Waals surface area contributed by atoms with Crippen molar-refractivity contribution >= 4 is 18.0 Å². The Morgan fingerprint density at radius 2 is 2.08 bits per heavy atom. The topological polar surface area (TPSA) is 85.4 Å². The molecule has 24 heavy (non-hydrogen) atoms. The molecule has 2 amide bonds. The number of likely N-dealkylation sites (tertiary alicyclic amines) is 1. The summed E-state index contributed by atoms with van der Waals surface area (Å²) in [5.74, 6) is -0.684. The molecule has 0 aliphatic carbocycles. The van der Waals surface area contributed by atoms with Crippen molar-refractivity contribution in [3.8, 4) is 0 Å². The number of esters is 1. The van der Waals surface area contributed by atoms with Crippen molar-refractivity contribution in [2.75, 3.05) is 19.8 Å². The summed E-state index contributed by atoms with van der Waals surface area (Å²) < 4.78 is 10.3. The van der Waals surface area contributed by atoms with Gasteiger partial charge in [-0.25, -0.2) is 9.86 Å². The first-order valence-corrected chi connectivity index (χ1v) is 8.34. The molecule has 136 valence electrons. The van der Waals surface area contributed by atoms with Crippen molar-refractivity contribution in [1.82, 2.24) is 9.96 Å². The molecule has 0 aromatic heterocycles. The van der Waals surface area contributed by atoms with Crippen molar-refractivity contribution in [3.05, 3.63) is 0 Å². The van der Waals surface area contributed by atoms with Gasteiger partial charge in [-0.15, -0.1) is 0 Å². The predicted molar refractivity (Wildman–Crippen MR) is 83.8 cm³/mol. The van der Waals surface area contributed by atoms with E-state index in [0.29, 0.717) is 13.0 Å². The molecular weight excluding hydrogens is 316 g/mol. The Morgan fingerprint density at radius 1 is 1.38 bits per heavy atom. The molecule has 2 aliphatic rings. The molecule has 8 nitrogen and oxygen atoms in total. The van der Waals surface area contributed by atoms with E-state index in [2.05, 4.69) is 0 Å². The lowest BCUT2D eigenvalue weighted by molar-refractivity contribution is -0.202. The Balaban J connectivity index is 2.09. The third kappa shape index (κ3) is 4.37. The second kappa shape index (κ2) is 7.38. The van der Waals surface area contributed by atoms with Gasteiger partial charge in [0.05, 0.1) is 13.0 Å². The van der Waals surface area contributed by atoms with Gasteiger partial charge in [0.2, 0.25) is 0 Å². The van der Waals surface area contributed by atoms with Crippen LogP contribution in [-0.4, -0.2) is 65.4 Å². The number of hydrogen-bond acceptors (Lipinski definition) is 6. The van der Waals surface area contributed by atoms with Crippen LogP contribution in [0.1, 0.15) is 47.0 Å². The lowest BCUT2D eigenvalue weighted by Gasteiger charge is -2.32. The van der Waals surface area contributed by atoms with Crippen LogP contribution in [-0.2, 0) is 23.9 Å². The van der Waals surface area contributed by atoms with Gasteiger partial charge in [0.1, 0.15) is 24.3 Å². The predicted octanol–water partition coefficient (Wildman–Crippen LogP) is 1.48. The molecule has 2 atom stereocenters. The van der Waals surface area contributed by atoms with E-state index in [9.17, 15) is 14.4 Å². The number of cyclic esters (lactones) is 1. The number of rotatable bonds is 4. The highest BCUT2D eigenvalue weighted by atomic mass is 16.7. The number of carbonyl (C=O) groups excluding carboxylic acids is 3. The molecule has 1 unspecified atom stereocenters. The molecule has 0 aromatic carbocycles. The van der Waals surface area contributed by atoms with Gasteiger partial charge in [0.15, 0.2) is 0 Å². The summed E-state index contributed by atoms with van der Waals surface area (Å²) in [5, 5.41) is 1.21. The first-order valence-electron chi connectivity index (χ1n) is 8.34. The van der Waals surface area contributed by atoms with Gasteiger partial charge in [0, 0.05) is 6.54 Å². The highest BCUT2D eigenvalue weighted by Crippen LogP contribution is 2.25. The molecular formula is C16H26N2O6. The Kier molecular flexibility index (Phi) is 5.69.